The average molecular weight is 214 g/mol. The van der Waals surface area contributed by atoms with Crippen LogP contribution in [-0.4, -0.2) is 15.4 Å². The first-order chi connectivity index (χ1) is 5.34. The fourth-order valence-electron chi connectivity index (χ4n) is 0.694. The van der Waals surface area contributed by atoms with E-state index in [4.69, 9.17) is 0 Å². The van der Waals surface area contributed by atoms with Gasteiger partial charge in [0.1, 0.15) is 11.4 Å². The van der Waals surface area contributed by atoms with Crippen molar-refractivity contribution < 1.29 is 5.11 Å². The summed E-state index contributed by atoms with van der Waals surface area (Å²) in [5.41, 5.74) is 0.604. The minimum Gasteiger partial charge on any atom is -0.506 e. The number of allylic oxidation sites excluding steroid dienone is 1. The summed E-state index contributed by atoms with van der Waals surface area (Å²) in [7, 11) is 0. The summed E-state index contributed by atoms with van der Waals surface area (Å²) < 4.78 is 0. The topological polar surface area (TPSA) is 33.1 Å². The Kier molecular flexibility index (Phi) is 3.11. The predicted molar refractivity (Wildman–Crippen MR) is 48.7 cm³/mol. The Labute approximate surface area is 73.7 Å². The second-order valence-corrected chi connectivity index (χ2v) is 2.61. The molecule has 0 amide bonds. The minimum atomic E-state index is 0.213. The molecule has 0 spiro atoms. The Morgan fingerprint density at radius 3 is 3.09 bits per heavy atom. The normalized spacial score (nSPS) is 10.6. The number of hydrogen-bond acceptors (Lipinski definition) is 2. The first-order valence-corrected chi connectivity index (χ1v) is 4.33. The molecule has 0 aliphatic heterocycles. The molecule has 1 N–H and O–H groups in total. The van der Waals surface area contributed by atoms with Crippen molar-refractivity contribution in [1.29, 1.82) is 0 Å². The van der Waals surface area contributed by atoms with Crippen molar-refractivity contribution >= 4 is 22.0 Å². The summed E-state index contributed by atoms with van der Waals surface area (Å²) >= 11 is 3.24. The molecule has 0 fully saturated rings. The second-order valence-electron chi connectivity index (χ2n) is 1.96. The smallest absolute Gasteiger partial charge is 0.141 e. The van der Waals surface area contributed by atoms with Gasteiger partial charge in [0, 0.05) is 11.5 Å². The lowest BCUT2D eigenvalue weighted by molar-refractivity contribution is 0.471. The maximum atomic E-state index is 9.21. The number of hydrogen-bond donors (Lipinski definition) is 1. The Hall–Kier alpha value is -0.830. The van der Waals surface area contributed by atoms with Gasteiger partial charge in [-0.1, -0.05) is 22.0 Å². The third kappa shape index (κ3) is 2.35. The van der Waals surface area contributed by atoms with Crippen molar-refractivity contribution in [2.75, 3.05) is 5.33 Å². The molecule has 2 nitrogen and oxygen atoms in total. The average Bonchev–Trinajstić information content (AvgIpc) is 2.03. The van der Waals surface area contributed by atoms with E-state index < -0.39 is 0 Å². The standard InChI is InChI=1S/C8H8BrNO/c9-5-1-3-7-8(11)4-2-6-10-7/h1-4,6,11H,5H2. The number of pyridine rings is 1. The first kappa shape index (κ1) is 8.27. The summed E-state index contributed by atoms with van der Waals surface area (Å²) in [6, 6.07) is 3.31. The molecule has 0 bridgehead atoms. The molecule has 3 heteroatoms. The van der Waals surface area contributed by atoms with Gasteiger partial charge in [-0.05, 0) is 18.2 Å². The molecule has 0 aromatic carbocycles. The maximum absolute atomic E-state index is 9.21. The molecule has 0 radical (unpaired) electrons. The van der Waals surface area contributed by atoms with Crippen LogP contribution in [0.25, 0.3) is 6.08 Å². The van der Waals surface area contributed by atoms with Gasteiger partial charge >= 0.3 is 0 Å². The molecule has 58 valence electrons. The van der Waals surface area contributed by atoms with E-state index in [-0.39, 0.29) is 5.75 Å². The quantitative estimate of drug-likeness (QED) is 0.765. The van der Waals surface area contributed by atoms with E-state index in [2.05, 4.69) is 20.9 Å². The van der Waals surface area contributed by atoms with Crippen molar-refractivity contribution in [2.45, 2.75) is 0 Å². The number of alkyl halides is 1. The molecule has 1 aromatic heterocycles. The lowest BCUT2D eigenvalue weighted by atomic mass is 10.3. The molecule has 0 saturated carbocycles. The Balaban J connectivity index is 2.86. The number of aromatic nitrogens is 1. The molecule has 0 aliphatic rings. The van der Waals surface area contributed by atoms with E-state index in [1.165, 1.54) is 0 Å². The van der Waals surface area contributed by atoms with E-state index in [1.54, 1.807) is 24.4 Å². The number of rotatable bonds is 2. The SMILES string of the molecule is Oc1cccnc1C=CCBr. The summed E-state index contributed by atoms with van der Waals surface area (Å²) in [6.07, 6.45) is 5.29. The second kappa shape index (κ2) is 4.13. The number of nitrogens with zero attached hydrogens (tertiary/aromatic N) is 1. The van der Waals surface area contributed by atoms with Gasteiger partial charge in [-0.2, -0.15) is 0 Å². The lowest BCUT2D eigenvalue weighted by Crippen LogP contribution is -1.79. The van der Waals surface area contributed by atoms with Gasteiger partial charge in [0.05, 0.1) is 0 Å². The van der Waals surface area contributed by atoms with E-state index in [0.717, 1.165) is 5.33 Å². The van der Waals surface area contributed by atoms with Gasteiger partial charge < -0.3 is 5.11 Å². The zero-order valence-corrected chi connectivity index (χ0v) is 7.45. The van der Waals surface area contributed by atoms with E-state index >= 15 is 0 Å². The molecule has 0 atom stereocenters. The van der Waals surface area contributed by atoms with Crippen molar-refractivity contribution in [3.05, 3.63) is 30.1 Å². The zero-order chi connectivity index (χ0) is 8.10. The van der Waals surface area contributed by atoms with Gasteiger partial charge in [-0.25, -0.2) is 0 Å². The third-order valence-corrected chi connectivity index (χ3v) is 1.55. The molecular formula is C8H8BrNO. The molecule has 1 rings (SSSR count). The predicted octanol–water partition coefficient (Wildman–Crippen LogP) is 2.20. The lowest BCUT2D eigenvalue weighted by Gasteiger charge is -1.94. The molecule has 11 heavy (non-hydrogen) atoms. The third-order valence-electron chi connectivity index (χ3n) is 1.18. The van der Waals surface area contributed by atoms with Crippen LogP contribution < -0.4 is 0 Å². The highest BCUT2D eigenvalue weighted by atomic mass is 79.9. The van der Waals surface area contributed by atoms with Crippen LogP contribution in [-0.2, 0) is 0 Å². The van der Waals surface area contributed by atoms with E-state index in [1.807, 2.05) is 6.08 Å². The van der Waals surface area contributed by atoms with Gasteiger partial charge in [-0.3, -0.25) is 4.98 Å². The fraction of sp³-hybridized carbons (Fsp3) is 0.125. The maximum Gasteiger partial charge on any atom is 0.141 e. The van der Waals surface area contributed by atoms with Crippen molar-refractivity contribution in [3.63, 3.8) is 0 Å². The Morgan fingerprint density at radius 1 is 1.64 bits per heavy atom. The van der Waals surface area contributed by atoms with Crippen LogP contribution in [0.1, 0.15) is 5.69 Å². The van der Waals surface area contributed by atoms with E-state index in [0.29, 0.717) is 5.69 Å². The largest absolute Gasteiger partial charge is 0.506 e. The van der Waals surface area contributed by atoms with Crippen molar-refractivity contribution in [1.82, 2.24) is 4.98 Å². The summed E-state index contributed by atoms with van der Waals surface area (Å²) in [4.78, 5) is 3.96. The summed E-state index contributed by atoms with van der Waals surface area (Å²) in [5.74, 6) is 0.213. The Morgan fingerprint density at radius 2 is 2.45 bits per heavy atom. The van der Waals surface area contributed by atoms with Gasteiger partial charge in [0.25, 0.3) is 0 Å². The van der Waals surface area contributed by atoms with Crippen LogP contribution in [0, 0.1) is 0 Å². The highest BCUT2D eigenvalue weighted by Crippen LogP contribution is 2.13. The molecule has 0 unspecified atom stereocenters. The van der Waals surface area contributed by atoms with Crippen LogP contribution >= 0.6 is 15.9 Å². The molecule has 0 aliphatic carbocycles. The van der Waals surface area contributed by atoms with Gasteiger partial charge in [0.15, 0.2) is 0 Å². The first-order valence-electron chi connectivity index (χ1n) is 3.21. The zero-order valence-electron chi connectivity index (χ0n) is 5.87. The summed E-state index contributed by atoms with van der Waals surface area (Å²) in [5, 5.41) is 9.97. The monoisotopic (exact) mass is 213 g/mol. The van der Waals surface area contributed by atoms with Crippen LogP contribution in [0.15, 0.2) is 24.4 Å². The van der Waals surface area contributed by atoms with Crippen LogP contribution in [0.2, 0.25) is 0 Å². The molecular weight excluding hydrogens is 206 g/mol. The van der Waals surface area contributed by atoms with E-state index in [9.17, 15) is 5.11 Å². The number of aromatic hydroxyl groups is 1. The van der Waals surface area contributed by atoms with Crippen molar-refractivity contribution in [2.24, 2.45) is 0 Å². The molecule has 0 saturated heterocycles. The fourth-order valence-corrected chi connectivity index (χ4v) is 0.881. The highest BCUT2D eigenvalue weighted by molar-refractivity contribution is 9.09. The molecule has 1 aromatic rings. The molecule has 1 heterocycles. The van der Waals surface area contributed by atoms with Crippen LogP contribution in [0.3, 0.4) is 0 Å². The highest BCUT2D eigenvalue weighted by Gasteiger charge is 1.93. The summed E-state index contributed by atoms with van der Waals surface area (Å²) in [6.45, 7) is 0. The van der Waals surface area contributed by atoms with Gasteiger partial charge in [0.2, 0.25) is 0 Å². The van der Waals surface area contributed by atoms with Crippen LogP contribution in [0.4, 0.5) is 0 Å². The minimum absolute atomic E-state index is 0.213. The van der Waals surface area contributed by atoms with Crippen LogP contribution in [0.5, 0.6) is 5.75 Å². The van der Waals surface area contributed by atoms with Crippen molar-refractivity contribution in [3.8, 4) is 5.75 Å². The Bertz CT molecular complexity index is 260. The number of halogens is 1. The van der Waals surface area contributed by atoms with Gasteiger partial charge in [-0.15, -0.1) is 0 Å².